The number of rotatable bonds is 5. The first-order valence-electron chi connectivity index (χ1n) is 5.16. The highest BCUT2D eigenvalue weighted by molar-refractivity contribution is 5.19. The van der Waals surface area contributed by atoms with Gasteiger partial charge in [-0.25, -0.2) is 0 Å². The van der Waals surface area contributed by atoms with Gasteiger partial charge < -0.3 is 5.32 Å². The van der Waals surface area contributed by atoms with Crippen LogP contribution in [0.2, 0.25) is 0 Å². The molecule has 0 saturated heterocycles. The summed E-state index contributed by atoms with van der Waals surface area (Å²) >= 11 is 0. The summed E-state index contributed by atoms with van der Waals surface area (Å²) in [6.07, 6.45) is 2.07. The lowest BCUT2D eigenvalue weighted by molar-refractivity contribution is 0.618. The van der Waals surface area contributed by atoms with Crippen molar-refractivity contribution in [2.24, 2.45) is 0 Å². The van der Waals surface area contributed by atoms with E-state index in [1.54, 1.807) is 0 Å². The van der Waals surface area contributed by atoms with Crippen LogP contribution in [-0.4, -0.2) is 13.1 Å². The summed E-state index contributed by atoms with van der Waals surface area (Å²) in [7, 11) is 1.99. The van der Waals surface area contributed by atoms with Gasteiger partial charge in [-0.3, -0.25) is 0 Å². The van der Waals surface area contributed by atoms with E-state index in [4.69, 9.17) is 0 Å². The summed E-state index contributed by atoms with van der Waals surface area (Å²) in [6.45, 7) is 6.23. The summed E-state index contributed by atoms with van der Waals surface area (Å²) in [6, 6.07) is 10.9. The minimum atomic E-state index is 0.405. The van der Waals surface area contributed by atoms with Gasteiger partial charge >= 0.3 is 0 Å². The number of hydrogen-bond acceptors (Lipinski definition) is 1. The van der Waals surface area contributed by atoms with Crippen molar-refractivity contribution < 1.29 is 0 Å². The van der Waals surface area contributed by atoms with E-state index in [0.717, 1.165) is 12.8 Å². The van der Waals surface area contributed by atoms with Crippen molar-refractivity contribution >= 4 is 0 Å². The summed E-state index contributed by atoms with van der Waals surface area (Å²) in [4.78, 5) is 0. The maximum Gasteiger partial charge on any atom is 0.0314 e. The quantitative estimate of drug-likeness (QED) is 0.702. The van der Waals surface area contributed by atoms with E-state index in [0.29, 0.717) is 6.04 Å². The molecule has 0 amide bonds. The Morgan fingerprint density at radius 1 is 1.36 bits per heavy atom. The monoisotopic (exact) mass is 189 g/mol. The van der Waals surface area contributed by atoms with Gasteiger partial charge in [-0.2, -0.15) is 0 Å². The minimum absolute atomic E-state index is 0.405. The van der Waals surface area contributed by atoms with Crippen LogP contribution in [0.4, 0.5) is 0 Å². The van der Waals surface area contributed by atoms with Crippen LogP contribution >= 0.6 is 0 Å². The molecule has 14 heavy (non-hydrogen) atoms. The molecule has 0 radical (unpaired) electrons. The zero-order valence-corrected chi connectivity index (χ0v) is 9.09. The fourth-order valence-electron chi connectivity index (χ4n) is 1.55. The molecule has 0 heterocycles. The summed E-state index contributed by atoms with van der Waals surface area (Å²) in [5.74, 6) is 0. The van der Waals surface area contributed by atoms with Crippen LogP contribution in [0.25, 0.3) is 0 Å². The van der Waals surface area contributed by atoms with E-state index in [-0.39, 0.29) is 0 Å². The Labute approximate surface area is 86.8 Å². The number of nitrogens with one attached hydrogen (secondary N) is 1. The first-order chi connectivity index (χ1) is 6.77. The molecule has 0 fully saturated rings. The lowest BCUT2D eigenvalue weighted by Gasteiger charge is -2.17. The second kappa shape index (κ2) is 5.61. The molecule has 1 heteroatoms. The van der Waals surface area contributed by atoms with E-state index in [1.807, 2.05) is 13.1 Å². The molecule has 0 aliphatic rings. The van der Waals surface area contributed by atoms with E-state index in [9.17, 15) is 0 Å². The first kappa shape index (κ1) is 11.0. The number of benzene rings is 1. The van der Waals surface area contributed by atoms with Crippen LogP contribution in [0.3, 0.4) is 0 Å². The highest BCUT2D eigenvalue weighted by Gasteiger charge is 2.08. The van der Waals surface area contributed by atoms with Crippen molar-refractivity contribution in [3.05, 3.63) is 48.0 Å². The Balaban J connectivity index is 2.62. The predicted octanol–water partition coefficient (Wildman–Crippen LogP) is 2.78. The molecule has 1 aromatic carbocycles. The molecule has 0 bridgehead atoms. The van der Waals surface area contributed by atoms with Crippen molar-refractivity contribution in [2.45, 2.75) is 25.8 Å². The Morgan fingerprint density at radius 2 is 2.00 bits per heavy atom. The van der Waals surface area contributed by atoms with Gasteiger partial charge in [-0.1, -0.05) is 49.4 Å². The lowest BCUT2D eigenvalue weighted by Crippen LogP contribution is -2.29. The third kappa shape index (κ3) is 3.00. The van der Waals surface area contributed by atoms with Crippen LogP contribution in [0.1, 0.15) is 18.9 Å². The summed E-state index contributed by atoms with van der Waals surface area (Å²) in [5, 5.41) is 3.30. The largest absolute Gasteiger partial charge is 0.313 e. The van der Waals surface area contributed by atoms with Gasteiger partial charge in [0.2, 0.25) is 0 Å². The van der Waals surface area contributed by atoms with Crippen LogP contribution < -0.4 is 5.32 Å². The SMILES string of the molecule is C=C(CC)[C@H](Cc1ccccc1)NC. The summed E-state index contributed by atoms with van der Waals surface area (Å²) < 4.78 is 0. The van der Waals surface area contributed by atoms with Gasteiger partial charge in [0.25, 0.3) is 0 Å². The maximum absolute atomic E-state index is 4.08. The van der Waals surface area contributed by atoms with E-state index in [2.05, 4.69) is 43.1 Å². The fraction of sp³-hybridized carbons (Fsp3) is 0.385. The average molecular weight is 189 g/mol. The number of likely N-dealkylation sites (N-methyl/N-ethyl adjacent to an activating group) is 1. The molecule has 1 N–H and O–H groups in total. The molecule has 0 unspecified atom stereocenters. The Kier molecular flexibility index (Phi) is 4.41. The summed E-state index contributed by atoms with van der Waals surface area (Å²) in [5.41, 5.74) is 2.64. The third-order valence-corrected chi connectivity index (χ3v) is 2.58. The van der Waals surface area contributed by atoms with Gasteiger partial charge in [0.1, 0.15) is 0 Å². The first-order valence-corrected chi connectivity index (χ1v) is 5.16. The van der Waals surface area contributed by atoms with Gasteiger partial charge in [0.05, 0.1) is 0 Å². The molecule has 1 nitrogen and oxygen atoms in total. The van der Waals surface area contributed by atoms with Gasteiger partial charge in [-0.05, 0) is 25.5 Å². The second-order valence-electron chi connectivity index (χ2n) is 3.54. The van der Waals surface area contributed by atoms with Gasteiger partial charge in [0.15, 0.2) is 0 Å². The normalized spacial score (nSPS) is 12.4. The van der Waals surface area contributed by atoms with Gasteiger partial charge in [-0.15, -0.1) is 0 Å². The smallest absolute Gasteiger partial charge is 0.0314 e. The van der Waals surface area contributed by atoms with Crippen molar-refractivity contribution in [1.29, 1.82) is 0 Å². The molecule has 0 aliphatic carbocycles. The van der Waals surface area contributed by atoms with E-state index < -0.39 is 0 Å². The Hall–Kier alpha value is -1.08. The minimum Gasteiger partial charge on any atom is -0.313 e. The standard InChI is InChI=1S/C13H19N/c1-4-11(2)13(14-3)10-12-8-6-5-7-9-12/h5-9,13-14H,2,4,10H2,1,3H3/t13-/m0/s1. The van der Waals surface area contributed by atoms with E-state index in [1.165, 1.54) is 11.1 Å². The lowest BCUT2D eigenvalue weighted by atomic mass is 9.99. The molecule has 0 aromatic heterocycles. The molecular formula is C13H19N. The fourth-order valence-corrected chi connectivity index (χ4v) is 1.55. The molecule has 0 spiro atoms. The van der Waals surface area contributed by atoms with Crippen LogP contribution in [0.5, 0.6) is 0 Å². The average Bonchev–Trinajstić information content (AvgIpc) is 2.26. The van der Waals surface area contributed by atoms with Crippen molar-refractivity contribution in [2.75, 3.05) is 7.05 Å². The maximum atomic E-state index is 4.08. The Bertz CT molecular complexity index is 277. The molecule has 1 atom stereocenters. The van der Waals surface area contributed by atoms with Crippen molar-refractivity contribution in [1.82, 2.24) is 5.32 Å². The van der Waals surface area contributed by atoms with Crippen LogP contribution in [0.15, 0.2) is 42.5 Å². The number of hydrogen-bond donors (Lipinski definition) is 1. The Morgan fingerprint density at radius 3 is 2.50 bits per heavy atom. The molecule has 0 saturated carbocycles. The van der Waals surface area contributed by atoms with Gasteiger partial charge in [0, 0.05) is 6.04 Å². The molecule has 1 rings (SSSR count). The molecular weight excluding hydrogens is 170 g/mol. The van der Waals surface area contributed by atoms with E-state index >= 15 is 0 Å². The highest BCUT2D eigenvalue weighted by Crippen LogP contribution is 2.10. The van der Waals surface area contributed by atoms with Crippen molar-refractivity contribution in [3.8, 4) is 0 Å². The topological polar surface area (TPSA) is 12.0 Å². The van der Waals surface area contributed by atoms with Crippen molar-refractivity contribution in [3.63, 3.8) is 0 Å². The molecule has 1 aromatic rings. The van der Waals surface area contributed by atoms with Crippen LogP contribution in [-0.2, 0) is 6.42 Å². The second-order valence-corrected chi connectivity index (χ2v) is 3.54. The highest BCUT2D eigenvalue weighted by atomic mass is 14.9. The predicted molar refractivity (Wildman–Crippen MR) is 62.4 cm³/mol. The zero-order valence-electron chi connectivity index (χ0n) is 9.09. The third-order valence-electron chi connectivity index (χ3n) is 2.58. The molecule has 76 valence electrons. The molecule has 0 aliphatic heterocycles. The zero-order chi connectivity index (χ0) is 10.4. The van der Waals surface area contributed by atoms with Crippen LogP contribution in [0, 0.1) is 0 Å².